The molecule has 0 bridgehead atoms. The van der Waals surface area contributed by atoms with E-state index in [-0.39, 0.29) is 5.69 Å². The molecule has 16 heavy (non-hydrogen) atoms. The normalized spacial score (nSPS) is 10.1. The van der Waals surface area contributed by atoms with E-state index in [2.05, 4.69) is 5.32 Å². The molecular weight excluding hydrogens is 232 g/mol. The highest BCUT2D eigenvalue weighted by molar-refractivity contribution is 6.33. The van der Waals surface area contributed by atoms with Crippen molar-refractivity contribution in [1.82, 2.24) is 0 Å². The number of benzene rings is 1. The minimum Gasteiger partial charge on any atom is -0.385 e. The van der Waals surface area contributed by atoms with Crippen LogP contribution in [0.25, 0.3) is 0 Å². The third-order valence-corrected chi connectivity index (χ3v) is 2.33. The Labute approximate surface area is 98.5 Å². The lowest BCUT2D eigenvalue weighted by Crippen LogP contribution is -2.07. The van der Waals surface area contributed by atoms with Crippen LogP contribution in [-0.4, -0.2) is 25.2 Å². The maximum atomic E-state index is 10.7. The molecule has 0 atom stereocenters. The molecule has 0 saturated heterocycles. The zero-order chi connectivity index (χ0) is 12.0. The van der Waals surface area contributed by atoms with Gasteiger partial charge in [0.15, 0.2) is 0 Å². The van der Waals surface area contributed by atoms with Crippen LogP contribution in [0.4, 0.5) is 11.4 Å². The standard InChI is InChI=1S/C10H13ClN2O3/c1-16-7-3-6-12-10-8(11)4-2-5-9(10)13(14)15/h2,4-5,12H,3,6-7H2,1H3. The SMILES string of the molecule is COCCCNc1c(Cl)cccc1[N+](=O)[O-]. The summed E-state index contributed by atoms with van der Waals surface area (Å²) in [6.07, 6.45) is 0.763. The van der Waals surface area contributed by atoms with Gasteiger partial charge in [-0.1, -0.05) is 17.7 Å². The number of nitro benzene ring substituents is 1. The highest BCUT2D eigenvalue weighted by Gasteiger charge is 2.15. The number of anilines is 1. The molecule has 0 aliphatic heterocycles. The third-order valence-electron chi connectivity index (χ3n) is 2.02. The van der Waals surface area contributed by atoms with Crippen LogP contribution in [0.15, 0.2) is 18.2 Å². The van der Waals surface area contributed by atoms with Gasteiger partial charge in [0.1, 0.15) is 5.69 Å². The molecule has 0 fully saturated rings. The molecule has 1 aromatic carbocycles. The van der Waals surface area contributed by atoms with Crippen LogP contribution < -0.4 is 5.32 Å². The van der Waals surface area contributed by atoms with Gasteiger partial charge in [-0.3, -0.25) is 10.1 Å². The molecule has 1 rings (SSSR count). The van der Waals surface area contributed by atoms with E-state index in [1.54, 1.807) is 19.2 Å². The zero-order valence-electron chi connectivity index (χ0n) is 8.90. The number of nitro groups is 1. The van der Waals surface area contributed by atoms with Crippen LogP contribution in [-0.2, 0) is 4.74 Å². The molecule has 88 valence electrons. The van der Waals surface area contributed by atoms with Crippen molar-refractivity contribution in [1.29, 1.82) is 0 Å². The van der Waals surface area contributed by atoms with Gasteiger partial charge >= 0.3 is 0 Å². The van der Waals surface area contributed by atoms with Gasteiger partial charge in [-0.15, -0.1) is 0 Å². The largest absolute Gasteiger partial charge is 0.385 e. The molecule has 0 spiro atoms. The summed E-state index contributed by atoms with van der Waals surface area (Å²) in [6.45, 7) is 1.18. The van der Waals surface area contributed by atoms with Crippen molar-refractivity contribution in [2.75, 3.05) is 25.6 Å². The molecule has 0 heterocycles. The molecule has 0 aliphatic rings. The van der Waals surface area contributed by atoms with Crippen molar-refractivity contribution in [3.63, 3.8) is 0 Å². The van der Waals surface area contributed by atoms with E-state index in [1.807, 2.05) is 0 Å². The second-order valence-electron chi connectivity index (χ2n) is 3.16. The summed E-state index contributed by atoms with van der Waals surface area (Å²) in [5.41, 5.74) is 0.357. The van der Waals surface area contributed by atoms with Gasteiger partial charge in [-0.05, 0) is 12.5 Å². The number of halogens is 1. The van der Waals surface area contributed by atoms with Crippen LogP contribution in [0.5, 0.6) is 0 Å². The summed E-state index contributed by atoms with van der Waals surface area (Å²) >= 11 is 5.89. The fourth-order valence-electron chi connectivity index (χ4n) is 1.27. The Morgan fingerprint density at radius 2 is 2.31 bits per heavy atom. The minimum absolute atomic E-state index is 0.00934. The zero-order valence-corrected chi connectivity index (χ0v) is 9.66. The van der Waals surface area contributed by atoms with Crippen LogP contribution in [0.1, 0.15) is 6.42 Å². The summed E-state index contributed by atoms with van der Waals surface area (Å²) in [4.78, 5) is 10.3. The lowest BCUT2D eigenvalue weighted by Gasteiger charge is -2.08. The number of ether oxygens (including phenoxy) is 1. The molecule has 0 saturated carbocycles. The maximum Gasteiger partial charge on any atom is 0.293 e. The Balaban J connectivity index is 2.73. The second kappa shape index (κ2) is 6.30. The van der Waals surface area contributed by atoms with E-state index in [1.165, 1.54) is 6.07 Å². The topological polar surface area (TPSA) is 64.4 Å². The molecule has 0 aromatic heterocycles. The van der Waals surface area contributed by atoms with E-state index in [4.69, 9.17) is 16.3 Å². The van der Waals surface area contributed by atoms with Gasteiger partial charge in [-0.25, -0.2) is 0 Å². The Morgan fingerprint density at radius 1 is 1.56 bits per heavy atom. The van der Waals surface area contributed by atoms with Gasteiger partial charge in [0.25, 0.3) is 5.69 Å². The average Bonchev–Trinajstić information content (AvgIpc) is 2.25. The smallest absolute Gasteiger partial charge is 0.293 e. The van der Waals surface area contributed by atoms with Gasteiger partial charge < -0.3 is 10.1 Å². The number of methoxy groups -OCH3 is 1. The third kappa shape index (κ3) is 3.36. The van der Waals surface area contributed by atoms with E-state index in [0.29, 0.717) is 23.9 Å². The van der Waals surface area contributed by atoms with Crippen molar-refractivity contribution >= 4 is 23.0 Å². The van der Waals surface area contributed by atoms with Crippen LogP contribution in [0.3, 0.4) is 0 Å². The van der Waals surface area contributed by atoms with Crippen LogP contribution >= 0.6 is 11.6 Å². The van der Waals surface area contributed by atoms with Crippen molar-refractivity contribution < 1.29 is 9.66 Å². The quantitative estimate of drug-likeness (QED) is 0.475. The Kier molecular flexibility index (Phi) is 5.01. The van der Waals surface area contributed by atoms with Gasteiger partial charge in [-0.2, -0.15) is 0 Å². The molecular formula is C10H13ClN2O3. The fourth-order valence-corrected chi connectivity index (χ4v) is 1.51. The summed E-state index contributed by atoms with van der Waals surface area (Å²) in [7, 11) is 1.61. The molecule has 0 aliphatic carbocycles. The minimum atomic E-state index is -0.454. The highest BCUT2D eigenvalue weighted by Crippen LogP contribution is 2.31. The second-order valence-corrected chi connectivity index (χ2v) is 3.57. The number of para-hydroxylation sites is 1. The number of hydrogen-bond acceptors (Lipinski definition) is 4. The first-order valence-corrected chi connectivity index (χ1v) is 5.20. The lowest BCUT2D eigenvalue weighted by atomic mass is 10.2. The van der Waals surface area contributed by atoms with Crippen molar-refractivity contribution in [2.24, 2.45) is 0 Å². The molecule has 5 nitrogen and oxygen atoms in total. The maximum absolute atomic E-state index is 10.7. The van der Waals surface area contributed by atoms with Gasteiger partial charge in [0, 0.05) is 26.3 Å². The number of rotatable bonds is 6. The van der Waals surface area contributed by atoms with Crippen LogP contribution in [0.2, 0.25) is 5.02 Å². The Hall–Kier alpha value is -1.33. The molecule has 1 aromatic rings. The van der Waals surface area contributed by atoms with E-state index < -0.39 is 4.92 Å². The van der Waals surface area contributed by atoms with Crippen molar-refractivity contribution in [3.8, 4) is 0 Å². The molecule has 0 radical (unpaired) electrons. The number of nitrogens with zero attached hydrogens (tertiary/aromatic N) is 1. The summed E-state index contributed by atoms with van der Waals surface area (Å²) in [5.74, 6) is 0. The van der Waals surface area contributed by atoms with Crippen LogP contribution in [0, 0.1) is 10.1 Å². The molecule has 0 unspecified atom stereocenters. The number of hydrogen-bond donors (Lipinski definition) is 1. The first kappa shape index (κ1) is 12.7. The Bertz CT molecular complexity index is 371. The van der Waals surface area contributed by atoms with E-state index in [0.717, 1.165) is 6.42 Å². The van der Waals surface area contributed by atoms with Crippen molar-refractivity contribution in [2.45, 2.75) is 6.42 Å². The first-order valence-electron chi connectivity index (χ1n) is 4.82. The summed E-state index contributed by atoms with van der Waals surface area (Å²) in [6, 6.07) is 4.60. The monoisotopic (exact) mass is 244 g/mol. The van der Waals surface area contributed by atoms with Crippen molar-refractivity contribution in [3.05, 3.63) is 33.3 Å². The average molecular weight is 245 g/mol. The van der Waals surface area contributed by atoms with Gasteiger partial charge in [0.05, 0.1) is 9.95 Å². The highest BCUT2D eigenvalue weighted by atomic mass is 35.5. The fraction of sp³-hybridized carbons (Fsp3) is 0.400. The molecule has 1 N–H and O–H groups in total. The predicted molar refractivity (Wildman–Crippen MR) is 63.1 cm³/mol. The predicted octanol–water partition coefficient (Wildman–Crippen LogP) is 2.70. The summed E-state index contributed by atoms with van der Waals surface area (Å²) in [5, 5.41) is 14.0. The van der Waals surface area contributed by atoms with Gasteiger partial charge in [0.2, 0.25) is 0 Å². The Morgan fingerprint density at radius 3 is 2.94 bits per heavy atom. The lowest BCUT2D eigenvalue weighted by molar-refractivity contribution is -0.383. The molecule has 0 amide bonds. The summed E-state index contributed by atoms with van der Waals surface area (Å²) < 4.78 is 4.88. The molecule has 6 heteroatoms. The van der Waals surface area contributed by atoms with E-state index >= 15 is 0 Å². The first-order chi connectivity index (χ1) is 7.66. The van der Waals surface area contributed by atoms with E-state index in [9.17, 15) is 10.1 Å². The number of nitrogens with one attached hydrogen (secondary N) is 1.